The number of hydrogen-bond acceptors (Lipinski definition) is 6. The Morgan fingerprint density at radius 1 is 1.02 bits per heavy atom. The van der Waals surface area contributed by atoms with Crippen LogP contribution in [-0.2, 0) is 24.3 Å². The molecule has 2 aromatic heterocycles. The molecule has 0 fully saturated rings. The number of H-pyrrole nitrogens is 2. The number of halogens is 5. The number of nitrogens with two attached hydrogens (primary N) is 2. The second-order valence-electron chi connectivity index (χ2n) is 9.64. The monoisotopic (exact) mass is 662 g/mol. The second-order valence-corrected chi connectivity index (χ2v) is 10.5. The van der Waals surface area contributed by atoms with E-state index < -0.39 is 18.2 Å². The lowest BCUT2D eigenvalue weighted by Gasteiger charge is -2.18. The average Bonchev–Trinajstić information content (AvgIpc) is 3.58. The molecular weight excluding hydrogens is 636 g/mol. The van der Waals surface area contributed by atoms with Crippen molar-refractivity contribution in [2.45, 2.75) is 31.7 Å². The number of aromatic amines is 2. The Kier molecular flexibility index (Phi) is 10.5. The minimum Gasteiger partial charge on any atom is -0.475 e. The lowest BCUT2D eigenvalue weighted by molar-refractivity contribution is -0.192. The molecule has 2 amide bonds. The predicted molar refractivity (Wildman–Crippen MR) is 164 cm³/mol. The summed E-state index contributed by atoms with van der Waals surface area (Å²) >= 11 is 12.7. The molecule has 0 saturated carbocycles. The maximum absolute atomic E-state index is 13.0. The highest BCUT2D eigenvalue weighted by molar-refractivity contribution is 6.32. The van der Waals surface area contributed by atoms with Gasteiger partial charge in [0.25, 0.3) is 0 Å². The van der Waals surface area contributed by atoms with Gasteiger partial charge in [0.1, 0.15) is 16.7 Å². The number of nitrogens with zero attached hydrogens (tertiary/aromatic N) is 2. The SMILES string of the molecule is NCc1ccc(Cl)cc1CNC(=O)N[C@@H](Cc1ccccc1)c1nc(-c2ccc3c(N)n[nH]c3c2)c(Cl)[nH]1.O=C(O)C(F)(F)F. The number of hydrogen-bond donors (Lipinski definition) is 7. The summed E-state index contributed by atoms with van der Waals surface area (Å²) in [7, 11) is 0. The summed E-state index contributed by atoms with van der Waals surface area (Å²) in [6.07, 6.45) is -4.58. The number of alkyl halides is 3. The molecule has 0 spiro atoms. The van der Waals surface area contributed by atoms with Gasteiger partial charge in [0, 0.05) is 29.1 Å². The van der Waals surface area contributed by atoms with Gasteiger partial charge in [0.15, 0.2) is 5.82 Å². The number of anilines is 1. The molecule has 45 heavy (non-hydrogen) atoms. The van der Waals surface area contributed by atoms with Gasteiger partial charge in [-0.05, 0) is 47.4 Å². The van der Waals surface area contributed by atoms with Gasteiger partial charge >= 0.3 is 18.2 Å². The van der Waals surface area contributed by atoms with Crippen molar-refractivity contribution in [1.82, 2.24) is 30.8 Å². The number of aromatic nitrogens is 4. The third-order valence-corrected chi connectivity index (χ3v) is 7.04. The van der Waals surface area contributed by atoms with Crippen molar-refractivity contribution in [3.63, 3.8) is 0 Å². The molecular formula is C29H27Cl2F3N8O3. The van der Waals surface area contributed by atoms with E-state index in [1.807, 2.05) is 54.6 Å². The molecule has 11 nitrogen and oxygen atoms in total. The van der Waals surface area contributed by atoms with Gasteiger partial charge in [-0.3, -0.25) is 5.10 Å². The summed E-state index contributed by atoms with van der Waals surface area (Å²) in [5, 5.41) is 21.8. The third-order valence-electron chi connectivity index (χ3n) is 6.53. The highest BCUT2D eigenvalue weighted by Crippen LogP contribution is 2.31. The number of urea groups is 1. The highest BCUT2D eigenvalue weighted by Gasteiger charge is 2.38. The van der Waals surface area contributed by atoms with Crippen LogP contribution >= 0.6 is 23.2 Å². The molecule has 2 heterocycles. The van der Waals surface area contributed by atoms with E-state index in [0.29, 0.717) is 40.5 Å². The Bertz CT molecular complexity index is 1790. The van der Waals surface area contributed by atoms with E-state index in [4.69, 9.17) is 49.6 Å². The van der Waals surface area contributed by atoms with Crippen LogP contribution in [0.25, 0.3) is 22.2 Å². The van der Waals surface area contributed by atoms with Crippen LogP contribution in [0.4, 0.5) is 23.8 Å². The molecule has 9 N–H and O–H groups in total. The van der Waals surface area contributed by atoms with Gasteiger partial charge in [-0.15, -0.1) is 0 Å². The Balaban J connectivity index is 0.000000591. The van der Waals surface area contributed by atoms with Gasteiger partial charge in [-0.2, -0.15) is 18.3 Å². The first-order valence-corrected chi connectivity index (χ1v) is 14.0. The number of fused-ring (bicyclic) bond motifs is 1. The van der Waals surface area contributed by atoms with E-state index in [1.165, 1.54) is 0 Å². The smallest absolute Gasteiger partial charge is 0.475 e. The van der Waals surface area contributed by atoms with Gasteiger partial charge in [-0.1, -0.05) is 65.7 Å². The van der Waals surface area contributed by atoms with Crippen molar-refractivity contribution in [3.8, 4) is 11.3 Å². The van der Waals surface area contributed by atoms with Crippen LogP contribution in [0.1, 0.15) is 28.6 Å². The number of imidazole rings is 1. The first-order valence-electron chi connectivity index (χ1n) is 13.2. The number of rotatable bonds is 8. The molecule has 3 aromatic carbocycles. The first kappa shape index (κ1) is 33.1. The molecule has 0 unspecified atom stereocenters. The van der Waals surface area contributed by atoms with E-state index in [1.54, 1.807) is 12.1 Å². The zero-order chi connectivity index (χ0) is 32.7. The zero-order valence-corrected chi connectivity index (χ0v) is 24.8. The largest absolute Gasteiger partial charge is 0.490 e. The quantitative estimate of drug-likeness (QED) is 0.111. The van der Waals surface area contributed by atoms with Crippen molar-refractivity contribution >= 4 is 51.9 Å². The molecule has 0 aliphatic carbocycles. The predicted octanol–water partition coefficient (Wildman–Crippen LogP) is 5.72. The van der Waals surface area contributed by atoms with Gasteiger partial charge in [0.2, 0.25) is 0 Å². The number of amides is 2. The number of carboxylic acid groups (broad SMARTS) is 1. The molecule has 1 atom stereocenters. The van der Waals surface area contributed by atoms with E-state index in [9.17, 15) is 18.0 Å². The van der Waals surface area contributed by atoms with Crippen molar-refractivity contribution in [2.75, 3.05) is 5.73 Å². The van der Waals surface area contributed by atoms with Gasteiger partial charge in [-0.25, -0.2) is 14.6 Å². The molecule has 16 heteroatoms. The molecule has 236 valence electrons. The third kappa shape index (κ3) is 8.65. The van der Waals surface area contributed by atoms with Gasteiger partial charge in [0.05, 0.1) is 11.6 Å². The number of aliphatic carboxylic acids is 1. The van der Waals surface area contributed by atoms with E-state index in [-0.39, 0.29) is 12.6 Å². The Morgan fingerprint density at radius 3 is 2.40 bits per heavy atom. The molecule has 0 aliphatic heterocycles. The van der Waals surface area contributed by atoms with E-state index in [0.717, 1.165) is 33.2 Å². The standard InChI is InChI=1S/C27H26Cl2N8O.C2HF3O2/c28-19-8-6-17(13-30)18(11-19)14-32-27(38)33-22(10-15-4-2-1-3-5-15)26-34-23(24(29)35-26)16-7-9-20-21(12-16)36-37-25(20)31;3-2(4,5)1(6)7/h1-9,11-12,22H,10,13-14,30H2,(H,34,35)(H3,31,36,37)(H2,32,33,38);(H,6,7)/t22-;/m0./s1. The summed E-state index contributed by atoms with van der Waals surface area (Å²) in [6, 6.07) is 20.1. The number of carbonyl (C=O) groups excluding carboxylic acids is 1. The van der Waals surface area contributed by atoms with Crippen molar-refractivity contribution < 1.29 is 27.9 Å². The molecule has 0 aliphatic rings. The fourth-order valence-corrected chi connectivity index (χ4v) is 4.77. The minimum absolute atomic E-state index is 0.272. The van der Waals surface area contributed by atoms with E-state index in [2.05, 4.69) is 25.8 Å². The van der Waals surface area contributed by atoms with Crippen LogP contribution in [0.15, 0.2) is 66.7 Å². The Hall–Kier alpha value is -4.79. The van der Waals surface area contributed by atoms with Crippen LogP contribution in [0.3, 0.4) is 0 Å². The average molecular weight is 663 g/mol. The number of carboxylic acids is 1. The van der Waals surface area contributed by atoms with E-state index >= 15 is 0 Å². The molecule has 0 bridgehead atoms. The maximum Gasteiger partial charge on any atom is 0.490 e. The van der Waals surface area contributed by atoms with Crippen molar-refractivity contribution in [1.29, 1.82) is 0 Å². The minimum atomic E-state index is -5.08. The second kappa shape index (κ2) is 14.3. The first-order chi connectivity index (χ1) is 21.3. The normalized spacial score (nSPS) is 11.9. The maximum atomic E-state index is 13.0. The lowest BCUT2D eigenvalue weighted by Crippen LogP contribution is -2.39. The fourth-order valence-electron chi connectivity index (χ4n) is 4.32. The van der Waals surface area contributed by atoms with Crippen molar-refractivity contribution in [2.24, 2.45) is 5.73 Å². The topological polar surface area (TPSA) is 188 Å². The molecule has 5 rings (SSSR count). The zero-order valence-electron chi connectivity index (χ0n) is 23.3. The molecule has 0 saturated heterocycles. The summed E-state index contributed by atoms with van der Waals surface area (Å²) in [4.78, 5) is 29.8. The number of nitrogen functional groups attached to an aromatic ring is 1. The van der Waals surface area contributed by atoms with Crippen LogP contribution in [0, 0.1) is 0 Å². The van der Waals surface area contributed by atoms with Crippen LogP contribution in [0.5, 0.6) is 0 Å². The van der Waals surface area contributed by atoms with Crippen LogP contribution in [0.2, 0.25) is 10.2 Å². The van der Waals surface area contributed by atoms with Crippen LogP contribution in [-0.4, -0.2) is 43.4 Å². The molecule has 0 radical (unpaired) electrons. The highest BCUT2D eigenvalue weighted by atomic mass is 35.5. The molecule has 5 aromatic rings. The number of carbonyl (C=O) groups is 2. The summed E-state index contributed by atoms with van der Waals surface area (Å²) in [5.41, 5.74) is 16.6. The van der Waals surface area contributed by atoms with Crippen LogP contribution < -0.4 is 22.1 Å². The van der Waals surface area contributed by atoms with Gasteiger partial charge < -0.3 is 32.2 Å². The Morgan fingerprint density at radius 2 is 1.73 bits per heavy atom. The summed E-state index contributed by atoms with van der Waals surface area (Å²) in [6.45, 7) is 0.617. The van der Waals surface area contributed by atoms with Crippen molar-refractivity contribution in [3.05, 3.63) is 99.4 Å². The summed E-state index contributed by atoms with van der Waals surface area (Å²) in [5.74, 6) is -1.80. The number of nitrogens with one attached hydrogen (secondary N) is 4. The summed E-state index contributed by atoms with van der Waals surface area (Å²) < 4.78 is 31.7. The fraction of sp³-hybridized carbons (Fsp3) is 0.172. The number of benzene rings is 3. The Labute approximate surface area is 264 Å². The lowest BCUT2D eigenvalue weighted by atomic mass is 10.1.